The van der Waals surface area contributed by atoms with Crippen molar-refractivity contribution in [3.8, 4) is 0 Å². The summed E-state index contributed by atoms with van der Waals surface area (Å²) < 4.78 is 0. The Labute approximate surface area is 90.9 Å². The van der Waals surface area contributed by atoms with Crippen molar-refractivity contribution in [2.24, 2.45) is 5.73 Å². The molecule has 3 N–H and O–H groups in total. The standard InChI is InChI=1S/C7H6O2.C5H13N/c8-7(9)6-4-2-1-3-5-6;1-2-3-4-5-6/h1-5H,(H,8,9);2-6H2,1H3. The second kappa shape index (κ2) is 9.21. The number of aromatic carboxylic acids is 1. The molecule has 1 rings (SSSR count). The van der Waals surface area contributed by atoms with Crippen LogP contribution >= 0.6 is 0 Å². The third kappa shape index (κ3) is 7.70. The Morgan fingerprint density at radius 2 is 1.87 bits per heavy atom. The third-order valence-electron chi connectivity index (χ3n) is 1.83. The van der Waals surface area contributed by atoms with Gasteiger partial charge in [-0.05, 0) is 25.1 Å². The fourth-order valence-electron chi connectivity index (χ4n) is 0.975. The van der Waals surface area contributed by atoms with Gasteiger partial charge in [0.05, 0.1) is 5.56 Å². The van der Waals surface area contributed by atoms with E-state index in [4.69, 9.17) is 10.8 Å². The lowest BCUT2D eigenvalue weighted by molar-refractivity contribution is 0.0697. The van der Waals surface area contributed by atoms with Gasteiger partial charge in [-0.25, -0.2) is 4.79 Å². The van der Waals surface area contributed by atoms with Crippen molar-refractivity contribution < 1.29 is 9.90 Å². The van der Waals surface area contributed by atoms with Crippen LogP contribution in [0.25, 0.3) is 0 Å². The largest absolute Gasteiger partial charge is 0.478 e. The minimum atomic E-state index is -0.879. The summed E-state index contributed by atoms with van der Waals surface area (Å²) in [6, 6.07) is 8.30. The van der Waals surface area contributed by atoms with Crippen LogP contribution in [-0.4, -0.2) is 17.6 Å². The number of hydrogen-bond donors (Lipinski definition) is 2. The summed E-state index contributed by atoms with van der Waals surface area (Å²) in [7, 11) is 0. The van der Waals surface area contributed by atoms with E-state index < -0.39 is 5.97 Å². The lowest BCUT2D eigenvalue weighted by Gasteiger charge is -1.88. The van der Waals surface area contributed by atoms with Gasteiger partial charge in [0.2, 0.25) is 0 Å². The van der Waals surface area contributed by atoms with Gasteiger partial charge in [-0.15, -0.1) is 0 Å². The molecule has 0 aliphatic rings. The second-order valence-corrected chi connectivity index (χ2v) is 3.17. The van der Waals surface area contributed by atoms with Crippen LogP contribution < -0.4 is 5.73 Å². The first-order chi connectivity index (χ1) is 7.22. The molecule has 0 atom stereocenters. The number of benzene rings is 1. The highest BCUT2D eigenvalue weighted by Crippen LogP contribution is 1.96. The normalized spacial score (nSPS) is 8.93. The summed E-state index contributed by atoms with van der Waals surface area (Å²) in [5, 5.41) is 8.38. The highest BCUT2D eigenvalue weighted by molar-refractivity contribution is 5.87. The lowest BCUT2D eigenvalue weighted by Crippen LogP contribution is -1.96. The highest BCUT2D eigenvalue weighted by Gasteiger charge is 1.96. The molecule has 0 aliphatic heterocycles. The minimum absolute atomic E-state index is 0.331. The van der Waals surface area contributed by atoms with E-state index in [1.807, 2.05) is 0 Å². The number of rotatable bonds is 4. The molecule has 0 fully saturated rings. The van der Waals surface area contributed by atoms with Gasteiger partial charge in [-0.1, -0.05) is 38.0 Å². The van der Waals surface area contributed by atoms with Gasteiger partial charge < -0.3 is 10.8 Å². The summed E-state index contributed by atoms with van der Waals surface area (Å²) in [6.45, 7) is 3.03. The predicted octanol–water partition coefficient (Wildman–Crippen LogP) is 2.52. The number of hydrogen-bond acceptors (Lipinski definition) is 2. The van der Waals surface area contributed by atoms with Crippen LogP contribution in [0.2, 0.25) is 0 Å². The van der Waals surface area contributed by atoms with Crippen molar-refractivity contribution in [3.63, 3.8) is 0 Å². The molecular weight excluding hydrogens is 190 g/mol. The maximum Gasteiger partial charge on any atom is 0.335 e. The first-order valence-corrected chi connectivity index (χ1v) is 5.20. The van der Waals surface area contributed by atoms with Crippen LogP contribution in [-0.2, 0) is 0 Å². The highest BCUT2D eigenvalue weighted by atomic mass is 16.4. The zero-order chi connectivity index (χ0) is 11.5. The number of unbranched alkanes of at least 4 members (excludes halogenated alkanes) is 2. The molecule has 0 spiro atoms. The monoisotopic (exact) mass is 209 g/mol. The van der Waals surface area contributed by atoms with E-state index in [-0.39, 0.29) is 0 Å². The molecule has 3 nitrogen and oxygen atoms in total. The topological polar surface area (TPSA) is 63.3 Å². The fourth-order valence-corrected chi connectivity index (χ4v) is 0.975. The number of carboxylic acid groups (broad SMARTS) is 1. The molecule has 0 bridgehead atoms. The van der Waals surface area contributed by atoms with Gasteiger partial charge in [0.15, 0.2) is 0 Å². The summed E-state index contributed by atoms with van der Waals surface area (Å²) in [5.41, 5.74) is 5.55. The van der Waals surface area contributed by atoms with Crippen molar-refractivity contribution in [2.75, 3.05) is 6.54 Å². The van der Waals surface area contributed by atoms with Crippen molar-refractivity contribution in [1.82, 2.24) is 0 Å². The molecule has 0 heterocycles. The molecule has 1 aromatic carbocycles. The summed E-state index contributed by atoms with van der Waals surface area (Å²) in [6.07, 6.45) is 3.75. The Morgan fingerprint density at radius 3 is 2.13 bits per heavy atom. The molecule has 0 aliphatic carbocycles. The van der Waals surface area contributed by atoms with E-state index in [0.717, 1.165) is 6.54 Å². The van der Waals surface area contributed by atoms with Gasteiger partial charge in [-0.2, -0.15) is 0 Å². The fraction of sp³-hybridized carbons (Fsp3) is 0.417. The molecule has 84 valence electrons. The Bertz CT molecular complexity index is 256. The van der Waals surface area contributed by atoms with E-state index in [1.54, 1.807) is 30.3 Å². The van der Waals surface area contributed by atoms with Gasteiger partial charge in [0, 0.05) is 0 Å². The van der Waals surface area contributed by atoms with Gasteiger partial charge in [0.1, 0.15) is 0 Å². The molecule has 0 saturated carbocycles. The molecular formula is C12H19NO2. The van der Waals surface area contributed by atoms with Crippen LogP contribution in [0.1, 0.15) is 36.5 Å². The van der Waals surface area contributed by atoms with Gasteiger partial charge >= 0.3 is 5.97 Å². The molecule has 0 amide bonds. The third-order valence-corrected chi connectivity index (χ3v) is 1.83. The average molecular weight is 209 g/mol. The van der Waals surface area contributed by atoms with Crippen molar-refractivity contribution >= 4 is 5.97 Å². The van der Waals surface area contributed by atoms with Crippen molar-refractivity contribution in [3.05, 3.63) is 35.9 Å². The molecule has 0 aromatic heterocycles. The Balaban J connectivity index is 0.000000288. The van der Waals surface area contributed by atoms with Crippen molar-refractivity contribution in [1.29, 1.82) is 0 Å². The van der Waals surface area contributed by atoms with Gasteiger partial charge in [-0.3, -0.25) is 0 Å². The SMILES string of the molecule is CCCCCN.O=C(O)c1ccccc1. The Morgan fingerprint density at radius 1 is 1.27 bits per heavy atom. The molecule has 0 saturated heterocycles. The van der Waals surface area contributed by atoms with E-state index in [2.05, 4.69) is 6.92 Å². The molecule has 1 aromatic rings. The van der Waals surface area contributed by atoms with E-state index >= 15 is 0 Å². The van der Waals surface area contributed by atoms with Crippen LogP contribution in [0.5, 0.6) is 0 Å². The quantitative estimate of drug-likeness (QED) is 0.749. The predicted molar refractivity (Wildman–Crippen MR) is 62.0 cm³/mol. The average Bonchev–Trinajstić information content (AvgIpc) is 2.28. The summed E-state index contributed by atoms with van der Waals surface area (Å²) in [5.74, 6) is -0.879. The number of carbonyl (C=O) groups is 1. The van der Waals surface area contributed by atoms with E-state index in [1.165, 1.54) is 19.3 Å². The Kier molecular flexibility index (Phi) is 8.39. The van der Waals surface area contributed by atoms with Crippen molar-refractivity contribution in [2.45, 2.75) is 26.2 Å². The lowest BCUT2D eigenvalue weighted by atomic mass is 10.2. The van der Waals surface area contributed by atoms with Gasteiger partial charge in [0.25, 0.3) is 0 Å². The first kappa shape index (κ1) is 13.7. The zero-order valence-electron chi connectivity index (χ0n) is 9.15. The second-order valence-electron chi connectivity index (χ2n) is 3.17. The smallest absolute Gasteiger partial charge is 0.335 e. The molecule has 3 heteroatoms. The molecule has 0 unspecified atom stereocenters. The van der Waals surface area contributed by atoms with Crippen LogP contribution in [0, 0.1) is 0 Å². The minimum Gasteiger partial charge on any atom is -0.478 e. The van der Waals surface area contributed by atoms with E-state index in [0.29, 0.717) is 5.56 Å². The van der Waals surface area contributed by atoms with Crippen LogP contribution in [0.4, 0.5) is 0 Å². The number of nitrogens with two attached hydrogens (primary N) is 1. The number of carboxylic acids is 1. The summed E-state index contributed by atoms with van der Waals surface area (Å²) in [4.78, 5) is 10.2. The maximum atomic E-state index is 10.2. The first-order valence-electron chi connectivity index (χ1n) is 5.20. The summed E-state index contributed by atoms with van der Waals surface area (Å²) >= 11 is 0. The Hall–Kier alpha value is -1.35. The van der Waals surface area contributed by atoms with E-state index in [9.17, 15) is 4.79 Å². The van der Waals surface area contributed by atoms with Crippen LogP contribution in [0.15, 0.2) is 30.3 Å². The zero-order valence-corrected chi connectivity index (χ0v) is 9.15. The maximum absolute atomic E-state index is 10.2. The molecule has 0 radical (unpaired) electrons. The van der Waals surface area contributed by atoms with Crippen LogP contribution in [0.3, 0.4) is 0 Å². The molecule has 15 heavy (non-hydrogen) atoms.